The van der Waals surface area contributed by atoms with Crippen LogP contribution in [-0.4, -0.2) is 30.0 Å². The number of hydrogen-bond donors (Lipinski definition) is 3. The van der Waals surface area contributed by atoms with Crippen LogP contribution in [0, 0.1) is 0 Å². The summed E-state index contributed by atoms with van der Waals surface area (Å²) in [6, 6.07) is 7.85. The Morgan fingerprint density at radius 2 is 2.06 bits per heavy atom. The Hall–Kier alpha value is -1.20. The van der Waals surface area contributed by atoms with Crippen molar-refractivity contribution < 1.29 is 9.90 Å². The number of thioether (sulfide) groups is 1. The second kappa shape index (κ2) is 8.00. The molecule has 0 fully saturated rings. The van der Waals surface area contributed by atoms with Crippen molar-refractivity contribution in [1.29, 1.82) is 0 Å². The van der Waals surface area contributed by atoms with Crippen LogP contribution in [0.3, 0.4) is 0 Å². The topological polar surface area (TPSA) is 61.4 Å². The summed E-state index contributed by atoms with van der Waals surface area (Å²) in [6.45, 7) is 2.45. The van der Waals surface area contributed by atoms with Gasteiger partial charge in [-0.1, -0.05) is 12.1 Å². The van der Waals surface area contributed by atoms with Crippen molar-refractivity contribution in [3.63, 3.8) is 0 Å². The van der Waals surface area contributed by atoms with Gasteiger partial charge in [0, 0.05) is 24.1 Å². The quantitative estimate of drug-likeness (QED) is 0.691. The number of carbonyl (C=O) groups excluding carboxylic acids is 1. The van der Waals surface area contributed by atoms with Gasteiger partial charge in [-0.15, -0.1) is 11.8 Å². The lowest BCUT2D eigenvalue weighted by atomic mass is 10.2. The van der Waals surface area contributed by atoms with Crippen LogP contribution < -0.4 is 10.6 Å². The smallest absolute Gasteiger partial charge is 0.315 e. The van der Waals surface area contributed by atoms with E-state index in [1.165, 1.54) is 4.90 Å². The molecule has 0 spiro atoms. The highest BCUT2D eigenvalue weighted by atomic mass is 32.2. The van der Waals surface area contributed by atoms with E-state index in [0.717, 1.165) is 5.56 Å². The summed E-state index contributed by atoms with van der Waals surface area (Å²) in [7, 11) is 0. The van der Waals surface area contributed by atoms with Gasteiger partial charge in [-0.2, -0.15) is 0 Å². The zero-order chi connectivity index (χ0) is 13.4. The Kier molecular flexibility index (Phi) is 6.60. The normalized spacial score (nSPS) is 11.9. The fourth-order valence-electron chi connectivity index (χ4n) is 1.47. The molecule has 0 bridgehead atoms. The van der Waals surface area contributed by atoms with Gasteiger partial charge in [0.05, 0.1) is 0 Å². The van der Waals surface area contributed by atoms with E-state index < -0.39 is 0 Å². The molecule has 0 saturated carbocycles. The molecule has 0 saturated heterocycles. The van der Waals surface area contributed by atoms with Gasteiger partial charge in [-0.3, -0.25) is 0 Å². The van der Waals surface area contributed by atoms with Crippen LogP contribution in [0.4, 0.5) is 4.79 Å². The Bertz CT molecular complexity index is 368. The fourth-order valence-corrected chi connectivity index (χ4v) is 1.87. The largest absolute Gasteiger partial charge is 0.396 e. The highest BCUT2D eigenvalue weighted by Gasteiger charge is 2.05. The number of benzene rings is 1. The summed E-state index contributed by atoms with van der Waals surface area (Å²) in [6.07, 6.45) is 2.60. The van der Waals surface area contributed by atoms with Crippen molar-refractivity contribution in [3.8, 4) is 0 Å². The lowest BCUT2D eigenvalue weighted by molar-refractivity contribution is 0.230. The van der Waals surface area contributed by atoms with Gasteiger partial charge < -0.3 is 15.7 Å². The minimum absolute atomic E-state index is 0.0196. The maximum Gasteiger partial charge on any atom is 0.315 e. The third kappa shape index (κ3) is 5.42. The number of amides is 2. The van der Waals surface area contributed by atoms with Crippen LogP contribution in [0.2, 0.25) is 0 Å². The first-order valence-electron chi connectivity index (χ1n) is 5.94. The molecular formula is C13H20N2O2S. The van der Waals surface area contributed by atoms with E-state index >= 15 is 0 Å². The lowest BCUT2D eigenvalue weighted by Gasteiger charge is -2.13. The van der Waals surface area contributed by atoms with E-state index in [1.54, 1.807) is 11.8 Å². The maximum absolute atomic E-state index is 11.5. The summed E-state index contributed by atoms with van der Waals surface area (Å²) in [5.74, 6) is 0. The van der Waals surface area contributed by atoms with Crippen molar-refractivity contribution in [1.82, 2.24) is 10.6 Å². The zero-order valence-electron chi connectivity index (χ0n) is 10.8. The standard InChI is InChI=1S/C13H20N2O2S/c1-10(7-8-16)15-13(17)14-9-11-3-5-12(18-2)6-4-11/h3-6,10,16H,7-9H2,1-2H3,(H2,14,15,17)/t10-/m1/s1. The van der Waals surface area contributed by atoms with Gasteiger partial charge in [0.2, 0.25) is 0 Å². The molecule has 1 aromatic carbocycles. The van der Waals surface area contributed by atoms with Crippen LogP contribution in [0.25, 0.3) is 0 Å². The van der Waals surface area contributed by atoms with Crippen molar-refractivity contribution in [2.24, 2.45) is 0 Å². The SMILES string of the molecule is CSc1ccc(CNC(=O)N[C@H](C)CCO)cc1. The van der Waals surface area contributed by atoms with Crippen LogP contribution >= 0.6 is 11.8 Å². The molecule has 0 aliphatic carbocycles. The van der Waals surface area contributed by atoms with Gasteiger partial charge in [0.15, 0.2) is 0 Å². The van der Waals surface area contributed by atoms with Gasteiger partial charge in [-0.05, 0) is 37.3 Å². The van der Waals surface area contributed by atoms with Gasteiger partial charge in [-0.25, -0.2) is 4.79 Å². The molecule has 0 aliphatic rings. The first-order valence-corrected chi connectivity index (χ1v) is 7.16. The molecule has 1 atom stereocenters. The molecule has 5 heteroatoms. The predicted molar refractivity (Wildman–Crippen MR) is 74.8 cm³/mol. The lowest BCUT2D eigenvalue weighted by Crippen LogP contribution is -2.40. The van der Waals surface area contributed by atoms with Crippen molar-refractivity contribution >= 4 is 17.8 Å². The van der Waals surface area contributed by atoms with Crippen LogP contribution in [0.15, 0.2) is 29.2 Å². The summed E-state index contributed by atoms with van der Waals surface area (Å²) in [5.41, 5.74) is 1.07. The number of rotatable bonds is 6. The van der Waals surface area contributed by atoms with Crippen LogP contribution in [0.1, 0.15) is 18.9 Å². The number of carbonyl (C=O) groups is 1. The van der Waals surface area contributed by atoms with E-state index in [-0.39, 0.29) is 18.7 Å². The molecule has 0 aliphatic heterocycles. The van der Waals surface area contributed by atoms with Crippen molar-refractivity contribution in [3.05, 3.63) is 29.8 Å². The summed E-state index contributed by atoms with van der Waals surface area (Å²) < 4.78 is 0. The molecule has 0 heterocycles. The number of aliphatic hydroxyl groups is 1. The minimum Gasteiger partial charge on any atom is -0.396 e. The predicted octanol–water partition coefficient (Wildman–Crippen LogP) is 1.98. The second-order valence-electron chi connectivity index (χ2n) is 4.09. The zero-order valence-corrected chi connectivity index (χ0v) is 11.6. The van der Waals surface area contributed by atoms with E-state index in [9.17, 15) is 4.79 Å². The third-order valence-electron chi connectivity index (χ3n) is 2.55. The fraction of sp³-hybridized carbons (Fsp3) is 0.462. The Balaban J connectivity index is 2.33. The highest BCUT2D eigenvalue weighted by molar-refractivity contribution is 7.98. The highest BCUT2D eigenvalue weighted by Crippen LogP contribution is 2.14. The second-order valence-corrected chi connectivity index (χ2v) is 4.97. The van der Waals surface area contributed by atoms with E-state index in [1.807, 2.05) is 37.4 Å². The molecule has 0 aromatic heterocycles. The number of urea groups is 1. The Morgan fingerprint density at radius 3 is 2.61 bits per heavy atom. The number of nitrogens with one attached hydrogen (secondary N) is 2. The van der Waals surface area contributed by atoms with Gasteiger partial charge >= 0.3 is 6.03 Å². The first kappa shape index (κ1) is 14.9. The van der Waals surface area contributed by atoms with Crippen LogP contribution in [0.5, 0.6) is 0 Å². The molecule has 18 heavy (non-hydrogen) atoms. The van der Waals surface area contributed by atoms with Crippen molar-refractivity contribution in [2.75, 3.05) is 12.9 Å². The number of hydrogen-bond acceptors (Lipinski definition) is 3. The molecule has 4 nitrogen and oxygen atoms in total. The van der Waals surface area contributed by atoms with E-state index in [0.29, 0.717) is 13.0 Å². The van der Waals surface area contributed by atoms with Crippen LogP contribution in [-0.2, 0) is 6.54 Å². The Morgan fingerprint density at radius 1 is 1.39 bits per heavy atom. The molecule has 3 N–H and O–H groups in total. The molecule has 0 radical (unpaired) electrons. The van der Waals surface area contributed by atoms with Gasteiger partial charge in [0.1, 0.15) is 0 Å². The minimum atomic E-state index is -0.204. The molecule has 1 rings (SSSR count). The monoisotopic (exact) mass is 268 g/mol. The average molecular weight is 268 g/mol. The molecular weight excluding hydrogens is 248 g/mol. The summed E-state index contributed by atoms with van der Waals surface area (Å²) in [5, 5.41) is 14.3. The van der Waals surface area contributed by atoms with E-state index in [4.69, 9.17) is 5.11 Å². The first-order chi connectivity index (χ1) is 8.65. The molecule has 100 valence electrons. The summed E-state index contributed by atoms with van der Waals surface area (Å²) >= 11 is 1.69. The summed E-state index contributed by atoms with van der Waals surface area (Å²) in [4.78, 5) is 12.7. The third-order valence-corrected chi connectivity index (χ3v) is 3.30. The average Bonchev–Trinajstić information content (AvgIpc) is 2.37. The molecule has 0 unspecified atom stereocenters. The molecule has 1 aromatic rings. The van der Waals surface area contributed by atoms with E-state index in [2.05, 4.69) is 10.6 Å². The Labute approximate surface area is 112 Å². The van der Waals surface area contributed by atoms with Gasteiger partial charge in [0.25, 0.3) is 0 Å². The maximum atomic E-state index is 11.5. The van der Waals surface area contributed by atoms with Crippen molar-refractivity contribution in [2.45, 2.75) is 30.8 Å². The molecule has 2 amide bonds. The number of aliphatic hydroxyl groups excluding tert-OH is 1.